The van der Waals surface area contributed by atoms with Crippen LogP contribution in [-0.2, 0) is 6.42 Å². The monoisotopic (exact) mass is 269 g/mol. The van der Waals surface area contributed by atoms with Gasteiger partial charge >= 0.3 is 6.03 Å². The number of amides is 2. The third-order valence-corrected chi connectivity index (χ3v) is 3.12. The van der Waals surface area contributed by atoms with Crippen molar-refractivity contribution >= 4 is 11.7 Å². The van der Waals surface area contributed by atoms with Gasteiger partial charge < -0.3 is 15.4 Å². The van der Waals surface area contributed by atoms with Crippen LogP contribution in [0.15, 0.2) is 48.8 Å². The second kappa shape index (κ2) is 5.61. The maximum Gasteiger partial charge on any atom is 0.319 e. The van der Waals surface area contributed by atoms with Crippen LogP contribution in [0.4, 0.5) is 10.5 Å². The zero-order chi connectivity index (χ0) is 13.8. The summed E-state index contributed by atoms with van der Waals surface area (Å²) in [7, 11) is 0. The first kappa shape index (κ1) is 12.5. The number of pyridine rings is 1. The Morgan fingerprint density at radius 2 is 2.20 bits per heavy atom. The van der Waals surface area contributed by atoms with Crippen LogP contribution < -0.4 is 15.4 Å². The average molecular weight is 269 g/mol. The number of hydrogen-bond acceptors (Lipinski definition) is 3. The van der Waals surface area contributed by atoms with Gasteiger partial charge in [0.1, 0.15) is 11.9 Å². The molecule has 2 aromatic rings. The van der Waals surface area contributed by atoms with Gasteiger partial charge in [0.25, 0.3) is 0 Å². The summed E-state index contributed by atoms with van der Waals surface area (Å²) in [5.74, 6) is 0.909. The lowest BCUT2D eigenvalue weighted by atomic mass is 10.1. The van der Waals surface area contributed by atoms with Crippen LogP contribution in [0.1, 0.15) is 5.56 Å². The third-order valence-electron chi connectivity index (χ3n) is 3.12. The van der Waals surface area contributed by atoms with Gasteiger partial charge in [-0.2, -0.15) is 0 Å². The lowest BCUT2D eigenvalue weighted by molar-refractivity contribution is 0.219. The first-order chi connectivity index (χ1) is 9.81. The number of hydrogen-bond donors (Lipinski definition) is 2. The molecule has 1 aromatic carbocycles. The highest BCUT2D eigenvalue weighted by molar-refractivity contribution is 5.88. The van der Waals surface area contributed by atoms with Crippen molar-refractivity contribution in [2.24, 2.45) is 0 Å². The molecular formula is C15H15N3O2. The van der Waals surface area contributed by atoms with E-state index >= 15 is 0 Å². The molecule has 0 radical (unpaired) electrons. The second-order valence-electron chi connectivity index (χ2n) is 4.63. The van der Waals surface area contributed by atoms with Gasteiger partial charge in [0.15, 0.2) is 0 Å². The Kier molecular flexibility index (Phi) is 3.50. The van der Waals surface area contributed by atoms with E-state index in [2.05, 4.69) is 15.6 Å². The van der Waals surface area contributed by atoms with Crippen LogP contribution >= 0.6 is 0 Å². The Hall–Kier alpha value is -2.56. The molecule has 0 bridgehead atoms. The van der Waals surface area contributed by atoms with Crippen LogP contribution in [0.25, 0.3) is 0 Å². The van der Waals surface area contributed by atoms with Crippen molar-refractivity contribution in [1.29, 1.82) is 0 Å². The number of carbonyl (C=O) groups is 1. The number of para-hydroxylation sites is 1. The number of nitrogens with zero attached hydrogens (tertiary/aromatic N) is 1. The average Bonchev–Trinajstić information content (AvgIpc) is 2.89. The van der Waals surface area contributed by atoms with Crippen LogP contribution in [-0.4, -0.2) is 23.7 Å². The first-order valence-electron chi connectivity index (χ1n) is 6.51. The topological polar surface area (TPSA) is 63.2 Å². The van der Waals surface area contributed by atoms with E-state index in [1.54, 1.807) is 24.5 Å². The number of urea groups is 1. The predicted molar refractivity (Wildman–Crippen MR) is 75.8 cm³/mol. The molecule has 3 rings (SSSR count). The Bertz CT molecular complexity index is 576. The molecule has 5 nitrogen and oxygen atoms in total. The number of fused-ring (bicyclic) bond motifs is 1. The maximum absolute atomic E-state index is 11.7. The minimum absolute atomic E-state index is 0.00736. The number of ether oxygens (including phenoxy) is 1. The van der Waals surface area contributed by atoms with Crippen molar-refractivity contribution in [3.05, 3.63) is 54.4 Å². The van der Waals surface area contributed by atoms with Crippen LogP contribution in [0, 0.1) is 0 Å². The lowest BCUT2D eigenvalue weighted by Crippen LogP contribution is -2.37. The molecule has 2 heterocycles. The van der Waals surface area contributed by atoms with Gasteiger partial charge in [0, 0.05) is 12.6 Å². The molecule has 2 N–H and O–H groups in total. The summed E-state index contributed by atoms with van der Waals surface area (Å²) in [6.45, 7) is 0.473. The van der Waals surface area contributed by atoms with Gasteiger partial charge in [-0.05, 0) is 23.8 Å². The Balaban J connectivity index is 1.48. The summed E-state index contributed by atoms with van der Waals surface area (Å²) in [4.78, 5) is 15.7. The minimum atomic E-state index is -0.252. The molecule has 1 atom stereocenters. The van der Waals surface area contributed by atoms with Crippen molar-refractivity contribution in [1.82, 2.24) is 10.3 Å². The highest BCUT2D eigenvalue weighted by atomic mass is 16.5. The van der Waals surface area contributed by atoms with E-state index in [0.29, 0.717) is 12.2 Å². The molecule has 1 unspecified atom stereocenters. The minimum Gasteiger partial charge on any atom is -0.488 e. The van der Waals surface area contributed by atoms with E-state index in [1.165, 1.54) is 5.56 Å². The number of benzene rings is 1. The number of nitrogens with one attached hydrogen (secondary N) is 2. The summed E-state index contributed by atoms with van der Waals surface area (Å²) < 4.78 is 5.75. The highest BCUT2D eigenvalue weighted by Crippen LogP contribution is 2.27. The summed E-state index contributed by atoms with van der Waals surface area (Å²) in [6.07, 6.45) is 4.07. The zero-order valence-electron chi connectivity index (χ0n) is 10.9. The predicted octanol–water partition coefficient (Wildman–Crippen LogP) is 2.21. The molecular weight excluding hydrogens is 254 g/mol. The molecule has 0 saturated carbocycles. The molecule has 1 aliphatic rings. The molecule has 20 heavy (non-hydrogen) atoms. The molecule has 0 fully saturated rings. The number of carbonyl (C=O) groups excluding carboxylic acids is 1. The van der Waals surface area contributed by atoms with Gasteiger partial charge in [0.05, 0.1) is 18.4 Å². The van der Waals surface area contributed by atoms with Crippen LogP contribution in [0.5, 0.6) is 5.75 Å². The Labute approximate surface area is 117 Å². The van der Waals surface area contributed by atoms with E-state index in [4.69, 9.17) is 4.74 Å². The number of aromatic nitrogens is 1. The normalized spacial score (nSPS) is 16.1. The van der Waals surface area contributed by atoms with Crippen molar-refractivity contribution in [2.75, 3.05) is 11.9 Å². The summed E-state index contributed by atoms with van der Waals surface area (Å²) in [5, 5.41) is 5.52. The largest absolute Gasteiger partial charge is 0.488 e. The van der Waals surface area contributed by atoms with E-state index in [1.807, 2.05) is 24.3 Å². The van der Waals surface area contributed by atoms with Crippen molar-refractivity contribution in [3.8, 4) is 5.75 Å². The van der Waals surface area contributed by atoms with Gasteiger partial charge in [-0.3, -0.25) is 4.98 Å². The van der Waals surface area contributed by atoms with E-state index in [9.17, 15) is 4.79 Å². The molecule has 1 aromatic heterocycles. The quantitative estimate of drug-likeness (QED) is 0.898. The summed E-state index contributed by atoms with van der Waals surface area (Å²) >= 11 is 0. The molecule has 1 aliphatic heterocycles. The zero-order valence-corrected chi connectivity index (χ0v) is 10.9. The molecule has 0 saturated heterocycles. The van der Waals surface area contributed by atoms with Gasteiger partial charge in [0.2, 0.25) is 0 Å². The van der Waals surface area contributed by atoms with Gasteiger partial charge in [-0.15, -0.1) is 0 Å². The molecule has 0 aliphatic carbocycles. The van der Waals surface area contributed by atoms with Gasteiger partial charge in [-0.1, -0.05) is 18.2 Å². The number of rotatable bonds is 3. The fourth-order valence-corrected chi connectivity index (χ4v) is 2.19. The smallest absolute Gasteiger partial charge is 0.319 e. The lowest BCUT2D eigenvalue weighted by Gasteiger charge is -2.12. The van der Waals surface area contributed by atoms with E-state index in [0.717, 1.165) is 12.2 Å². The molecule has 5 heteroatoms. The molecule has 2 amide bonds. The Morgan fingerprint density at radius 3 is 3.00 bits per heavy atom. The Morgan fingerprint density at radius 1 is 1.30 bits per heavy atom. The van der Waals surface area contributed by atoms with Crippen LogP contribution in [0.2, 0.25) is 0 Å². The second-order valence-corrected chi connectivity index (χ2v) is 4.63. The first-order valence-corrected chi connectivity index (χ1v) is 6.51. The van der Waals surface area contributed by atoms with Crippen molar-refractivity contribution in [2.45, 2.75) is 12.5 Å². The standard InChI is InChI=1S/C15H15N3O2/c19-15(18-12-5-3-7-16-9-12)17-10-13-8-11-4-1-2-6-14(11)20-13/h1-7,9,13H,8,10H2,(H2,17,18,19). The molecule has 0 spiro atoms. The highest BCUT2D eigenvalue weighted by Gasteiger charge is 2.22. The molecule has 102 valence electrons. The number of anilines is 1. The third kappa shape index (κ3) is 2.88. The van der Waals surface area contributed by atoms with Gasteiger partial charge in [-0.25, -0.2) is 4.79 Å². The summed E-state index contributed by atoms with van der Waals surface area (Å²) in [6, 6.07) is 11.2. The van der Waals surface area contributed by atoms with E-state index < -0.39 is 0 Å². The fourth-order valence-electron chi connectivity index (χ4n) is 2.19. The maximum atomic E-state index is 11.7. The van der Waals surface area contributed by atoms with Crippen molar-refractivity contribution < 1.29 is 9.53 Å². The van der Waals surface area contributed by atoms with Crippen molar-refractivity contribution in [3.63, 3.8) is 0 Å². The van der Waals surface area contributed by atoms with Crippen LogP contribution in [0.3, 0.4) is 0 Å². The SMILES string of the molecule is O=C(NCC1Cc2ccccc2O1)Nc1cccnc1. The van der Waals surface area contributed by atoms with E-state index in [-0.39, 0.29) is 12.1 Å². The fraction of sp³-hybridized carbons (Fsp3) is 0.200. The summed E-state index contributed by atoms with van der Waals surface area (Å²) in [5.41, 5.74) is 1.85.